The van der Waals surface area contributed by atoms with Gasteiger partial charge in [-0.1, -0.05) is 6.58 Å². The highest BCUT2D eigenvalue weighted by Crippen LogP contribution is 2.20. The zero-order chi connectivity index (χ0) is 12.3. The third-order valence-electron chi connectivity index (χ3n) is 2.46. The fourth-order valence-corrected chi connectivity index (χ4v) is 1.40. The molecular weight excluding hydrogens is 204 g/mol. The second-order valence-corrected chi connectivity index (χ2v) is 3.28. The Morgan fingerprint density at radius 1 is 1.50 bits per heavy atom. The predicted octanol–water partition coefficient (Wildman–Crippen LogP) is 2.00. The van der Waals surface area contributed by atoms with E-state index >= 15 is 0 Å². The number of hydrogen-bond acceptors (Lipinski definition) is 4. The summed E-state index contributed by atoms with van der Waals surface area (Å²) in [5.41, 5.74) is 2.47. The minimum Gasteiger partial charge on any atom is -0.464 e. The van der Waals surface area contributed by atoms with E-state index in [2.05, 4.69) is 22.4 Å². The molecule has 0 fully saturated rings. The van der Waals surface area contributed by atoms with Gasteiger partial charge >= 0.3 is 5.97 Å². The summed E-state index contributed by atoms with van der Waals surface area (Å²) in [5.74, 6) is -0.506. The van der Waals surface area contributed by atoms with E-state index in [9.17, 15) is 4.79 Å². The highest BCUT2D eigenvalue weighted by molar-refractivity contribution is 5.90. The van der Waals surface area contributed by atoms with Crippen LogP contribution in [0.2, 0.25) is 0 Å². The SMILES string of the molecule is C=Cc1nc(C(=O)OC)c(C)c(C)c1C#N. The lowest BCUT2D eigenvalue weighted by Gasteiger charge is -2.10. The van der Waals surface area contributed by atoms with Crippen molar-refractivity contribution in [2.45, 2.75) is 13.8 Å². The topological polar surface area (TPSA) is 63.0 Å². The molecule has 0 aliphatic carbocycles. The average Bonchev–Trinajstić information content (AvgIpc) is 2.31. The van der Waals surface area contributed by atoms with E-state index in [0.717, 1.165) is 5.56 Å². The zero-order valence-corrected chi connectivity index (χ0v) is 9.50. The van der Waals surface area contributed by atoms with Crippen molar-refractivity contribution in [3.05, 3.63) is 34.7 Å². The van der Waals surface area contributed by atoms with Crippen LogP contribution >= 0.6 is 0 Å². The van der Waals surface area contributed by atoms with Gasteiger partial charge in [-0.2, -0.15) is 5.26 Å². The van der Waals surface area contributed by atoms with Crippen molar-refractivity contribution in [1.29, 1.82) is 5.26 Å². The highest BCUT2D eigenvalue weighted by atomic mass is 16.5. The van der Waals surface area contributed by atoms with Crippen LogP contribution in [0.25, 0.3) is 6.08 Å². The lowest BCUT2D eigenvalue weighted by molar-refractivity contribution is 0.0593. The second kappa shape index (κ2) is 4.58. The van der Waals surface area contributed by atoms with E-state index in [0.29, 0.717) is 16.8 Å². The molecule has 1 aromatic heterocycles. The third-order valence-corrected chi connectivity index (χ3v) is 2.46. The van der Waals surface area contributed by atoms with Crippen LogP contribution in [0.4, 0.5) is 0 Å². The molecule has 16 heavy (non-hydrogen) atoms. The van der Waals surface area contributed by atoms with Crippen LogP contribution in [-0.2, 0) is 4.74 Å². The molecule has 0 spiro atoms. The summed E-state index contributed by atoms with van der Waals surface area (Å²) in [7, 11) is 1.30. The number of carbonyl (C=O) groups excluding carboxylic acids is 1. The van der Waals surface area contributed by atoms with Gasteiger partial charge in [-0.05, 0) is 31.1 Å². The molecule has 0 atom stereocenters. The molecule has 0 aliphatic heterocycles. The van der Waals surface area contributed by atoms with Crippen molar-refractivity contribution in [3.8, 4) is 6.07 Å². The van der Waals surface area contributed by atoms with Crippen molar-refractivity contribution in [3.63, 3.8) is 0 Å². The van der Waals surface area contributed by atoms with Crippen molar-refractivity contribution in [2.24, 2.45) is 0 Å². The second-order valence-electron chi connectivity index (χ2n) is 3.28. The largest absolute Gasteiger partial charge is 0.464 e. The molecule has 1 heterocycles. The van der Waals surface area contributed by atoms with E-state index in [-0.39, 0.29) is 5.69 Å². The van der Waals surface area contributed by atoms with Crippen LogP contribution in [0.3, 0.4) is 0 Å². The number of rotatable bonds is 2. The number of hydrogen-bond donors (Lipinski definition) is 0. The number of ether oxygens (including phenoxy) is 1. The Hall–Kier alpha value is -2.15. The van der Waals surface area contributed by atoms with Gasteiger partial charge in [0.1, 0.15) is 6.07 Å². The van der Waals surface area contributed by atoms with Crippen LogP contribution in [0.1, 0.15) is 32.9 Å². The molecule has 0 saturated heterocycles. The minimum atomic E-state index is -0.506. The van der Waals surface area contributed by atoms with Crippen LogP contribution < -0.4 is 0 Å². The first-order valence-corrected chi connectivity index (χ1v) is 4.68. The fraction of sp³-hybridized carbons (Fsp3) is 0.250. The van der Waals surface area contributed by atoms with Gasteiger partial charge in [0.15, 0.2) is 5.69 Å². The lowest BCUT2D eigenvalue weighted by Crippen LogP contribution is -2.11. The molecular formula is C12H12N2O2. The maximum atomic E-state index is 11.5. The summed E-state index contributed by atoms with van der Waals surface area (Å²) in [4.78, 5) is 15.5. The molecule has 82 valence electrons. The van der Waals surface area contributed by atoms with Gasteiger partial charge < -0.3 is 4.74 Å². The van der Waals surface area contributed by atoms with Crippen LogP contribution in [0.15, 0.2) is 6.58 Å². The van der Waals surface area contributed by atoms with Gasteiger partial charge in [-0.25, -0.2) is 9.78 Å². The van der Waals surface area contributed by atoms with Crippen LogP contribution in [0, 0.1) is 25.2 Å². The smallest absolute Gasteiger partial charge is 0.356 e. The molecule has 1 rings (SSSR count). The fourth-order valence-electron chi connectivity index (χ4n) is 1.40. The Morgan fingerprint density at radius 3 is 2.56 bits per heavy atom. The van der Waals surface area contributed by atoms with Gasteiger partial charge in [-0.3, -0.25) is 0 Å². The van der Waals surface area contributed by atoms with Gasteiger partial charge in [0, 0.05) is 0 Å². The molecule has 1 aromatic rings. The standard InChI is InChI=1S/C12H12N2O2/c1-5-10-9(6-13)7(2)8(3)11(14-10)12(15)16-4/h5H,1H2,2-4H3. The number of esters is 1. The number of pyridine rings is 1. The van der Waals surface area contributed by atoms with E-state index in [1.54, 1.807) is 13.8 Å². The maximum absolute atomic E-state index is 11.5. The Bertz CT molecular complexity index is 499. The summed E-state index contributed by atoms with van der Waals surface area (Å²) in [6.07, 6.45) is 1.46. The molecule has 4 heteroatoms. The van der Waals surface area contributed by atoms with Crippen LogP contribution in [0.5, 0.6) is 0 Å². The Kier molecular flexibility index (Phi) is 3.41. The summed E-state index contributed by atoms with van der Waals surface area (Å²) < 4.78 is 4.63. The molecule has 0 unspecified atom stereocenters. The Morgan fingerprint density at radius 2 is 2.12 bits per heavy atom. The molecule has 0 saturated carbocycles. The van der Waals surface area contributed by atoms with E-state index < -0.39 is 5.97 Å². The van der Waals surface area contributed by atoms with E-state index in [1.165, 1.54) is 13.2 Å². The van der Waals surface area contributed by atoms with Gasteiger partial charge in [0.05, 0.1) is 18.4 Å². The number of methoxy groups -OCH3 is 1. The first-order chi connectivity index (χ1) is 7.56. The maximum Gasteiger partial charge on any atom is 0.356 e. The average molecular weight is 216 g/mol. The summed E-state index contributed by atoms with van der Waals surface area (Å²) in [6.45, 7) is 7.08. The van der Waals surface area contributed by atoms with E-state index in [1.807, 2.05) is 0 Å². The molecule has 0 amide bonds. The predicted molar refractivity (Wildman–Crippen MR) is 59.9 cm³/mol. The van der Waals surface area contributed by atoms with Gasteiger partial charge in [0.2, 0.25) is 0 Å². The Balaban J connectivity index is 3.58. The monoisotopic (exact) mass is 216 g/mol. The van der Waals surface area contributed by atoms with Crippen molar-refractivity contribution >= 4 is 12.0 Å². The normalized spacial score (nSPS) is 9.38. The molecule has 0 aliphatic rings. The molecule has 0 N–H and O–H groups in total. The summed E-state index contributed by atoms with van der Waals surface area (Å²) >= 11 is 0. The molecule has 0 bridgehead atoms. The van der Waals surface area contributed by atoms with Crippen molar-refractivity contribution in [1.82, 2.24) is 4.98 Å². The number of nitriles is 1. The van der Waals surface area contributed by atoms with Crippen molar-refractivity contribution < 1.29 is 9.53 Å². The summed E-state index contributed by atoms with van der Waals surface area (Å²) in [5, 5.41) is 8.99. The van der Waals surface area contributed by atoms with Crippen LogP contribution in [-0.4, -0.2) is 18.1 Å². The molecule has 4 nitrogen and oxygen atoms in total. The third kappa shape index (κ3) is 1.80. The van der Waals surface area contributed by atoms with Crippen molar-refractivity contribution in [2.75, 3.05) is 7.11 Å². The lowest BCUT2D eigenvalue weighted by atomic mass is 10.0. The highest BCUT2D eigenvalue weighted by Gasteiger charge is 2.17. The van der Waals surface area contributed by atoms with Gasteiger partial charge in [-0.15, -0.1) is 0 Å². The summed E-state index contributed by atoms with van der Waals surface area (Å²) in [6, 6.07) is 2.05. The number of aromatic nitrogens is 1. The molecule has 0 aromatic carbocycles. The number of carbonyl (C=O) groups is 1. The molecule has 0 radical (unpaired) electrons. The zero-order valence-electron chi connectivity index (χ0n) is 9.50. The first kappa shape index (κ1) is 11.9. The minimum absolute atomic E-state index is 0.230. The quantitative estimate of drug-likeness (QED) is 0.709. The Labute approximate surface area is 94.2 Å². The number of nitrogens with zero attached hydrogens (tertiary/aromatic N) is 2. The van der Waals surface area contributed by atoms with Gasteiger partial charge in [0.25, 0.3) is 0 Å². The van der Waals surface area contributed by atoms with E-state index in [4.69, 9.17) is 5.26 Å². The first-order valence-electron chi connectivity index (χ1n) is 4.68.